The van der Waals surface area contributed by atoms with Crippen LogP contribution in [0, 0.1) is 0 Å². The first-order valence-electron chi connectivity index (χ1n) is 8.65. The minimum absolute atomic E-state index is 0.251. The zero-order chi connectivity index (χ0) is 17.6. The van der Waals surface area contributed by atoms with Crippen LogP contribution in [0.15, 0.2) is 12.3 Å². The summed E-state index contributed by atoms with van der Waals surface area (Å²) < 4.78 is 5.05. The fourth-order valence-electron chi connectivity index (χ4n) is 3.03. The monoisotopic (exact) mass is 348 g/mol. The zero-order valence-corrected chi connectivity index (χ0v) is 14.5. The summed E-state index contributed by atoms with van der Waals surface area (Å²) in [4.78, 5) is 39.4. The molecule has 0 saturated carbocycles. The fraction of sp³-hybridized carbons (Fsp3) is 0.625. The molecule has 136 valence electrons. The number of carbonyl (C=O) groups excluding carboxylic acids is 2. The Kier molecular flexibility index (Phi) is 5.52. The Morgan fingerprint density at radius 2 is 1.80 bits per heavy atom. The molecule has 1 aromatic rings. The van der Waals surface area contributed by atoms with Gasteiger partial charge in [-0.05, 0) is 13.0 Å². The molecule has 9 heteroatoms. The number of aromatic nitrogens is 2. The lowest BCUT2D eigenvalue weighted by atomic mass is 10.3. The largest absolute Gasteiger partial charge is 0.450 e. The molecule has 2 aliphatic heterocycles. The molecule has 2 aliphatic rings. The number of hydrogen-bond acceptors (Lipinski definition) is 7. The molecular weight excluding hydrogens is 324 g/mol. The Labute approximate surface area is 147 Å². The molecule has 2 amide bonds. The van der Waals surface area contributed by atoms with Gasteiger partial charge in [0.25, 0.3) is 0 Å². The van der Waals surface area contributed by atoms with Crippen molar-refractivity contribution in [1.82, 2.24) is 19.8 Å². The number of rotatable bonds is 4. The first kappa shape index (κ1) is 17.2. The van der Waals surface area contributed by atoms with E-state index in [4.69, 9.17) is 4.74 Å². The third-order valence-corrected chi connectivity index (χ3v) is 4.50. The summed E-state index contributed by atoms with van der Waals surface area (Å²) in [7, 11) is 0. The van der Waals surface area contributed by atoms with E-state index in [-0.39, 0.29) is 6.09 Å². The van der Waals surface area contributed by atoms with Crippen LogP contribution in [0.4, 0.5) is 16.6 Å². The van der Waals surface area contributed by atoms with Gasteiger partial charge >= 0.3 is 6.09 Å². The van der Waals surface area contributed by atoms with E-state index < -0.39 is 0 Å². The van der Waals surface area contributed by atoms with Crippen molar-refractivity contribution in [2.45, 2.75) is 6.92 Å². The van der Waals surface area contributed by atoms with Gasteiger partial charge < -0.3 is 24.3 Å². The van der Waals surface area contributed by atoms with E-state index >= 15 is 0 Å². The van der Waals surface area contributed by atoms with Gasteiger partial charge in [0.2, 0.25) is 12.4 Å². The summed E-state index contributed by atoms with van der Waals surface area (Å²) >= 11 is 0. The normalized spacial score (nSPS) is 18.3. The Balaban J connectivity index is 1.59. The Morgan fingerprint density at radius 3 is 2.44 bits per heavy atom. The maximum absolute atomic E-state index is 11.8. The predicted octanol–water partition coefficient (Wildman–Crippen LogP) is 0.0335. The van der Waals surface area contributed by atoms with Crippen LogP contribution in [0.25, 0.3) is 0 Å². The van der Waals surface area contributed by atoms with E-state index in [0.717, 1.165) is 25.3 Å². The number of piperazine rings is 2. The lowest BCUT2D eigenvalue weighted by Crippen LogP contribution is -2.49. The molecular formula is C16H24N6O3. The Hall–Kier alpha value is -2.58. The lowest BCUT2D eigenvalue weighted by Gasteiger charge is -2.36. The first-order chi connectivity index (χ1) is 12.2. The van der Waals surface area contributed by atoms with Crippen LogP contribution in [0.2, 0.25) is 0 Å². The maximum Gasteiger partial charge on any atom is 0.409 e. The van der Waals surface area contributed by atoms with Gasteiger partial charge in [-0.25, -0.2) is 9.78 Å². The second kappa shape index (κ2) is 8.00. The second-order valence-corrected chi connectivity index (χ2v) is 6.02. The van der Waals surface area contributed by atoms with Crippen molar-refractivity contribution >= 4 is 24.3 Å². The third kappa shape index (κ3) is 4.09. The van der Waals surface area contributed by atoms with Crippen LogP contribution in [-0.4, -0.2) is 91.2 Å². The molecule has 3 heterocycles. The van der Waals surface area contributed by atoms with E-state index in [1.54, 1.807) is 16.0 Å². The molecule has 3 rings (SSSR count). The first-order valence-corrected chi connectivity index (χ1v) is 8.65. The highest BCUT2D eigenvalue weighted by Crippen LogP contribution is 2.18. The average molecular weight is 348 g/mol. The second-order valence-electron chi connectivity index (χ2n) is 6.02. The van der Waals surface area contributed by atoms with Crippen molar-refractivity contribution < 1.29 is 14.3 Å². The van der Waals surface area contributed by atoms with Crippen LogP contribution in [0.1, 0.15) is 6.92 Å². The van der Waals surface area contributed by atoms with E-state index in [9.17, 15) is 9.59 Å². The highest BCUT2D eigenvalue weighted by molar-refractivity contribution is 5.68. The number of ether oxygens (including phenoxy) is 1. The number of anilines is 2. The number of nitrogens with zero attached hydrogens (tertiary/aromatic N) is 6. The predicted molar refractivity (Wildman–Crippen MR) is 92.7 cm³/mol. The Bertz CT molecular complexity index is 597. The third-order valence-electron chi connectivity index (χ3n) is 4.50. The maximum atomic E-state index is 11.8. The summed E-state index contributed by atoms with van der Waals surface area (Å²) in [5, 5.41) is 0. The van der Waals surface area contributed by atoms with E-state index in [1.807, 2.05) is 13.0 Å². The highest BCUT2D eigenvalue weighted by atomic mass is 16.6. The minimum Gasteiger partial charge on any atom is -0.450 e. The van der Waals surface area contributed by atoms with Crippen LogP contribution < -0.4 is 9.80 Å². The van der Waals surface area contributed by atoms with Gasteiger partial charge in [-0.3, -0.25) is 4.79 Å². The van der Waals surface area contributed by atoms with Crippen molar-refractivity contribution in [2.24, 2.45) is 0 Å². The SMILES string of the molecule is CCOC(=O)N1CCN(c2ccnc(N3CCN(C=O)CC3)n2)CC1. The van der Waals surface area contributed by atoms with Crippen molar-refractivity contribution in [2.75, 3.05) is 68.8 Å². The summed E-state index contributed by atoms with van der Waals surface area (Å²) in [6.45, 7) is 7.73. The molecule has 2 fully saturated rings. The zero-order valence-electron chi connectivity index (χ0n) is 14.5. The quantitative estimate of drug-likeness (QED) is 0.710. The molecule has 0 bridgehead atoms. The molecule has 9 nitrogen and oxygen atoms in total. The fourth-order valence-corrected chi connectivity index (χ4v) is 3.03. The lowest BCUT2D eigenvalue weighted by molar-refractivity contribution is -0.118. The molecule has 0 unspecified atom stereocenters. The van der Waals surface area contributed by atoms with Crippen LogP contribution in [0.3, 0.4) is 0 Å². The molecule has 25 heavy (non-hydrogen) atoms. The molecule has 0 aromatic carbocycles. The number of carbonyl (C=O) groups is 2. The molecule has 0 atom stereocenters. The van der Waals surface area contributed by atoms with Gasteiger partial charge in [-0.2, -0.15) is 4.98 Å². The number of hydrogen-bond donors (Lipinski definition) is 0. The average Bonchev–Trinajstić information content (AvgIpc) is 2.68. The van der Waals surface area contributed by atoms with Crippen molar-refractivity contribution in [3.8, 4) is 0 Å². The topological polar surface area (TPSA) is 82.1 Å². The van der Waals surface area contributed by atoms with Gasteiger partial charge in [-0.15, -0.1) is 0 Å². The van der Waals surface area contributed by atoms with Crippen LogP contribution in [-0.2, 0) is 9.53 Å². The van der Waals surface area contributed by atoms with Crippen molar-refractivity contribution in [3.63, 3.8) is 0 Å². The van der Waals surface area contributed by atoms with Crippen molar-refractivity contribution in [1.29, 1.82) is 0 Å². The molecule has 0 N–H and O–H groups in total. The van der Waals surface area contributed by atoms with Gasteiger partial charge in [0.1, 0.15) is 5.82 Å². The smallest absolute Gasteiger partial charge is 0.409 e. The summed E-state index contributed by atoms with van der Waals surface area (Å²) in [6, 6.07) is 1.89. The molecule has 0 spiro atoms. The molecule has 0 aliphatic carbocycles. The summed E-state index contributed by atoms with van der Waals surface area (Å²) in [5.74, 6) is 1.56. The standard InChI is InChI=1S/C16H24N6O3/c1-2-25-16(24)22-11-9-20(10-12-22)14-3-4-17-15(18-14)21-7-5-19(13-23)6-8-21/h3-4,13H,2,5-12H2,1H3. The summed E-state index contributed by atoms with van der Waals surface area (Å²) in [6.07, 6.45) is 2.40. The van der Waals surface area contributed by atoms with Gasteiger partial charge in [0, 0.05) is 58.6 Å². The molecule has 0 radical (unpaired) electrons. The highest BCUT2D eigenvalue weighted by Gasteiger charge is 2.24. The van der Waals surface area contributed by atoms with Crippen LogP contribution in [0.5, 0.6) is 0 Å². The Morgan fingerprint density at radius 1 is 1.12 bits per heavy atom. The minimum atomic E-state index is -0.251. The van der Waals surface area contributed by atoms with E-state index in [2.05, 4.69) is 19.8 Å². The van der Waals surface area contributed by atoms with E-state index in [1.165, 1.54) is 0 Å². The molecule has 1 aromatic heterocycles. The van der Waals surface area contributed by atoms with Gasteiger partial charge in [0.15, 0.2) is 0 Å². The van der Waals surface area contributed by atoms with Gasteiger partial charge in [-0.1, -0.05) is 0 Å². The van der Waals surface area contributed by atoms with Crippen molar-refractivity contribution in [3.05, 3.63) is 12.3 Å². The number of amides is 2. The van der Waals surface area contributed by atoms with Gasteiger partial charge in [0.05, 0.1) is 6.61 Å². The van der Waals surface area contributed by atoms with Crippen LogP contribution >= 0.6 is 0 Å². The summed E-state index contributed by atoms with van der Waals surface area (Å²) in [5.41, 5.74) is 0. The van der Waals surface area contributed by atoms with E-state index in [0.29, 0.717) is 51.8 Å². The molecule has 2 saturated heterocycles.